The molecule has 5 nitrogen and oxygen atoms in total. The topological polar surface area (TPSA) is 66.8 Å². The predicted molar refractivity (Wildman–Crippen MR) is 89.7 cm³/mol. The largest absolute Gasteiger partial charge is 0.481 e. The van der Waals surface area contributed by atoms with Crippen LogP contribution < -0.4 is 0 Å². The molecular weight excluding hydrogens is 294 g/mol. The van der Waals surface area contributed by atoms with Crippen LogP contribution in [0.4, 0.5) is 0 Å². The molecule has 2 saturated carbocycles. The zero-order valence-corrected chi connectivity index (χ0v) is 15.1. The number of hydroxylamine groups is 2. The van der Waals surface area contributed by atoms with Crippen LogP contribution in [-0.4, -0.2) is 36.2 Å². The van der Waals surface area contributed by atoms with Gasteiger partial charge < -0.3 is 5.11 Å². The Kier molecular flexibility index (Phi) is 8.59. The summed E-state index contributed by atoms with van der Waals surface area (Å²) in [6.07, 6.45) is 8.35. The molecule has 0 heterocycles. The number of amides is 1. The number of nitrogens with zero attached hydrogens (tertiary/aromatic N) is 1. The summed E-state index contributed by atoms with van der Waals surface area (Å²) in [6.45, 7) is 4.44. The van der Waals surface area contributed by atoms with Gasteiger partial charge in [-0.25, -0.2) is 5.06 Å². The number of rotatable bonds is 3. The minimum atomic E-state index is -0.605. The average molecular weight is 327 g/mol. The fourth-order valence-electron chi connectivity index (χ4n) is 3.36. The summed E-state index contributed by atoms with van der Waals surface area (Å²) < 4.78 is 0. The molecule has 2 aliphatic rings. The molecular formula is C18H33NO4. The first-order valence-electron chi connectivity index (χ1n) is 8.89. The van der Waals surface area contributed by atoms with Gasteiger partial charge in [0.1, 0.15) is 0 Å². The maximum absolute atomic E-state index is 11.6. The van der Waals surface area contributed by atoms with Crippen molar-refractivity contribution >= 4 is 11.9 Å². The van der Waals surface area contributed by atoms with Crippen LogP contribution in [0.3, 0.4) is 0 Å². The summed E-state index contributed by atoms with van der Waals surface area (Å²) >= 11 is 0. The zero-order valence-electron chi connectivity index (χ0n) is 15.1. The monoisotopic (exact) mass is 327 g/mol. The maximum Gasteiger partial charge on any atom is 0.306 e. The van der Waals surface area contributed by atoms with Crippen LogP contribution >= 0.6 is 0 Å². The Bertz CT molecular complexity index is 369. The van der Waals surface area contributed by atoms with Crippen molar-refractivity contribution in [3.05, 3.63) is 0 Å². The Balaban J connectivity index is 0.000000238. The number of carboxylic acids is 1. The van der Waals surface area contributed by atoms with Gasteiger partial charge in [0.2, 0.25) is 5.91 Å². The van der Waals surface area contributed by atoms with Crippen LogP contribution in [0.5, 0.6) is 0 Å². The Labute approximate surface area is 140 Å². The Hall–Kier alpha value is -1.10. The van der Waals surface area contributed by atoms with Crippen molar-refractivity contribution in [3.63, 3.8) is 0 Å². The molecule has 0 atom stereocenters. The van der Waals surface area contributed by atoms with Crippen LogP contribution in [0.25, 0.3) is 0 Å². The molecule has 0 aromatic carbocycles. The van der Waals surface area contributed by atoms with E-state index in [2.05, 4.69) is 13.8 Å². The van der Waals surface area contributed by atoms with Gasteiger partial charge in [0.25, 0.3) is 0 Å². The summed E-state index contributed by atoms with van der Waals surface area (Å²) in [5.41, 5.74) is 0. The van der Waals surface area contributed by atoms with Crippen molar-refractivity contribution in [1.29, 1.82) is 0 Å². The molecule has 1 amide bonds. The predicted octanol–water partition coefficient (Wildman–Crippen LogP) is 3.73. The molecule has 2 rings (SSSR count). The molecule has 0 unspecified atom stereocenters. The average Bonchev–Trinajstić information content (AvgIpc) is 2.55. The number of aliphatic carboxylic acids is 1. The molecule has 0 spiro atoms. The summed E-state index contributed by atoms with van der Waals surface area (Å²) in [6, 6.07) is 0. The molecule has 5 heteroatoms. The van der Waals surface area contributed by atoms with E-state index in [1.165, 1.54) is 25.0 Å². The van der Waals surface area contributed by atoms with Crippen LogP contribution in [0.2, 0.25) is 0 Å². The van der Waals surface area contributed by atoms with Gasteiger partial charge in [0, 0.05) is 13.0 Å². The van der Waals surface area contributed by atoms with E-state index in [1.54, 1.807) is 7.05 Å². The van der Waals surface area contributed by atoms with Crippen LogP contribution in [0.15, 0.2) is 0 Å². The van der Waals surface area contributed by atoms with Crippen LogP contribution in [-0.2, 0) is 14.4 Å². The highest BCUT2D eigenvalue weighted by Gasteiger charge is 2.26. The maximum atomic E-state index is 11.6. The number of carbonyl (C=O) groups excluding carboxylic acids is 1. The molecule has 1 N–H and O–H groups in total. The minimum absolute atomic E-state index is 0.0452. The minimum Gasteiger partial charge on any atom is -0.481 e. The lowest BCUT2D eigenvalue weighted by atomic mass is 9.82. The van der Waals surface area contributed by atoms with Crippen molar-refractivity contribution in [1.82, 2.24) is 5.06 Å². The van der Waals surface area contributed by atoms with E-state index < -0.39 is 5.97 Å². The lowest BCUT2D eigenvalue weighted by molar-refractivity contribution is -0.174. The molecule has 0 radical (unpaired) electrons. The van der Waals surface area contributed by atoms with E-state index in [1.807, 2.05) is 0 Å². The Morgan fingerprint density at radius 1 is 0.870 bits per heavy atom. The summed E-state index contributed by atoms with van der Waals surface area (Å²) in [4.78, 5) is 27.0. The van der Waals surface area contributed by atoms with Gasteiger partial charge in [0.05, 0.1) is 13.0 Å². The van der Waals surface area contributed by atoms with Crippen molar-refractivity contribution < 1.29 is 19.5 Å². The lowest BCUT2D eigenvalue weighted by Gasteiger charge is -2.27. The van der Waals surface area contributed by atoms with Gasteiger partial charge in [0.15, 0.2) is 0 Å². The van der Waals surface area contributed by atoms with E-state index in [4.69, 9.17) is 9.94 Å². The highest BCUT2D eigenvalue weighted by atomic mass is 16.7. The molecule has 0 aromatic rings. The van der Waals surface area contributed by atoms with Gasteiger partial charge >= 0.3 is 5.97 Å². The fraction of sp³-hybridized carbons (Fsp3) is 0.889. The third-order valence-corrected chi connectivity index (χ3v) is 5.31. The van der Waals surface area contributed by atoms with Crippen molar-refractivity contribution in [3.8, 4) is 0 Å². The van der Waals surface area contributed by atoms with Gasteiger partial charge in [-0.05, 0) is 63.2 Å². The van der Waals surface area contributed by atoms with Crippen molar-refractivity contribution in [2.45, 2.75) is 65.2 Å². The number of hydrogen-bond donors (Lipinski definition) is 1. The number of hydrogen-bond acceptors (Lipinski definition) is 3. The zero-order chi connectivity index (χ0) is 17.4. The van der Waals surface area contributed by atoms with E-state index in [-0.39, 0.29) is 17.7 Å². The lowest BCUT2D eigenvalue weighted by Crippen LogP contribution is -2.33. The van der Waals surface area contributed by atoms with Crippen LogP contribution in [0.1, 0.15) is 65.2 Å². The smallest absolute Gasteiger partial charge is 0.306 e. The highest BCUT2D eigenvalue weighted by molar-refractivity contribution is 5.77. The van der Waals surface area contributed by atoms with Crippen molar-refractivity contribution in [2.24, 2.45) is 23.7 Å². The second-order valence-corrected chi connectivity index (χ2v) is 7.27. The number of carbonyl (C=O) groups is 2. The van der Waals surface area contributed by atoms with E-state index >= 15 is 0 Å². The van der Waals surface area contributed by atoms with Gasteiger partial charge in [-0.2, -0.15) is 0 Å². The first-order valence-corrected chi connectivity index (χ1v) is 8.89. The molecule has 0 aromatic heterocycles. The second kappa shape index (κ2) is 9.91. The third kappa shape index (κ3) is 6.90. The Morgan fingerprint density at radius 2 is 1.26 bits per heavy atom. The fourth-order valence-corrected chi connectivity index (χ4v) is 3.36. The van der Waals surface area contributed by atoms with Crippen LogP contribution in [0, 0.1) is 23.7 Å². The highest BCUT2D eigenvalue weighted by Crippen LogP contribution is 2.29. The third-order valence-electron chi connectivity index (χ3n) is 5.31. The van der Waals surface area contributed by atoms with Gasteiger partial charge in [-0.15, -0.1) is 0 Å². The number of carboxylic acid groups (broad SMARTS) is 1. The van der Waals surface area contributed by atoms with Gasteiger partial charge in [-0.3, -0.25) is 14.4 Å². The normalized spacial score (nSPS) is 30.8. The molecule has 2 aliphatic carbocycles. The van der Waals surface area contributed by atoms with E-state index in [9.17, 15) is 9.59 Å². The molecule has 0 aliphatic heterocycles. The summed E-state index contributed by atoms with van der Waals surface area (Å²) in [7, 11) is 3.21. The molecule has 134 valence electrons. The quantitative estimate of drug-likeness (QED) is 0.802. The van der Waals surface area contributed by atoms with Gasteiger partial charge in [-0.1, -0.05) is 13.8 Å². The van der Waals surface area contributed by atoms with Crippen molar-refractivity contribution in [2.75, 3.05) is 14.2 Å². The molecule has 2 fully saturated rings. The van der Waals surface area contributed by atoms with E-state index in [0.717, 1.165) is 50.4 Å². The molecule has 0 bridgehead atoms. The first kappa shape index (κ1) is 19.9. The second-order valence-electron chi connectivity index (χ2n) is 7.27. The molecule has 23 heavy (non-hydrogen) atoms. The SMILES string of the molecule is CC1CCC(C(=O)O)CC1.CON(C)C(=O)C1CCC(C)CC1. The first-order chi connectivity index (χ1) is 10.8. The Morgan fingerprint density at radius 3 is 1.61 bits per heavy atom. The van der Waals surface area contributed by atoms with E-state index in [0.29, 0.717) is 0 Å². The standard InChI is InChI=1S/C10H19NO2.C8H14O2/c1-8-4-6-9(7-5-8)10(12)11(2)13-3;1-6-2-4-7(5-3-6)8(9)10/h8-9H,4-7H2,1-3H3;6-7H,2-5H2,1H3,(H,9,10). The summed E-state index contributed by atoms with van der Waals surface area (Å²) in [5.74, 6) is 1.21. The summed E-state index contributed by atoms with van der Waals surface area (Å²) in [5, 5.41) is 9.97. The molecule has 0 saturated heterocycles.